The highest BCUT2D eigenvalue weighted by Gasteiger charge is 2.20. The molecule has 21 heavy (non-hydrogen) atoms. The van der Waals surface area contributed by atoms with Gasteiger partial charge in [-0.3, -0.25) is 20.2 Å². The number of hydrogen-bond acceptors (Lipinski definition) is 7. The average molecular weight is 312 g/mol. The molecule has 0 aromatic carbocycles. The molecule has 1 N–H and O–H groups in total. The van der Waals surface area contributed by atoms with E-state index in [4.69, 9.17) is 11.6 Å². The second-order valence-corrected chi connectivity index (χ2v) is 4.15. The van der Waals surface area contributed by atoms with E-state index in [-0.39, 0.29) is 16.3 Å². The van der Waals surface area contributed by atoms with Gasteiger partial charge in [-0.2, -0.15) is 4.73 Å². The normalized spacial score (nSPS) is 11.4. The van der Waals surface area contributed by atoms with Gasteiger partial charge in [-0.1, -0.05) is 11.6 Å². The molecule has 0 atom stereocenters. The van der Waals surface area contributed by atoms with Gasteiger partial charge < -0.3 is 5.21 Å². The molecule has 0 saturated carbocycles. The molecule has 2 rings (SSSR count). The third-order valence-electron chi connectivity index (χ3n) is 2.33. The molecule has 10 nitrogen and oxygen atoms in total. The molecule has 108 valence electrons. The van der Waals surface area contributed by atoms with Crippen LogP contribution < -0.4 is 5.49 Å². The van der Waals surface area contributed by atoms with E-state index in [1.54, 1.807) is 0 Å². The Labute approximate surface area is 120 Å². The molecule has 0 aliphatic carbocycles. The molecule has 0 amide bonds. The molecule has 2 aromatic heterocycles. The minimum absolute atomic E-state index is 0.0798. The van der Waals surface area contributed by atoms with Crippen molar-refractivity contribution in [3.8, 4) is 0 Å². The van der Waals surface area contributed by atoms with Crippen LogP contribution in [0.4, 0.5) is 17.2 Å². The molecule has 0 unspecified atom stereocenters. The molecule has 0 bridgehead atoms. The van der Waals surface area contributed by atoms with Crippen molar-refractivity contribution in [1.29, 1.82) is 0 Å². The minimum atomic E-state index is -0.851. The highest BCUT2D eigenvalue weighted by Crippen LogP contribution is 2.27. The second kappa shape index (κ2) is 5.54. The van der Waals surface area contributed by atoms with Crippen LogP contribution in [-0.2, 0) is 0 Å². The first-order chi connectivity index (χ1) is 9.88. The summed E-state index contributed by atoms with van der Waals surface area (Å²) in [7, 11) is 0. The van der Waals surface area contributed by atoms with Gasteiger partial charge in [0.2, 0.25) is 5.82 Å². The highest BCUT2D eigenvalue weighted by molar-refractivity contribution is 6.30. The Bertz CT molecular complexity index is 803. The van der Waals surface area contributed by atoms with Crippen LogP contribution in [-0.4, -0.2) is 24.8 Å². The number of halogens is 1. The van der Waals surface area contributed by atoms with Gasteiger partial charge in [0.15, 0.2) is 5.49 Å². The van der Waals surface area contributed by atoms with Crippen molar-refractivity contribution in [3.63, 3.8) is 0 Å². The van der Waals surface area contributed by atoms with Crippen molar-refractivity contribution >= 4 is 28.8 Å². The van der Waals surface area contributed by atoms with Gasteiger partial charge in [-0.05, 0) is 12.1 Å². The standard InChI is InChI=1S/C10H6ClN5O5/c11-6-1-2-9(14(17)5-6)13-10-8(16(20)21)3-7(4-12-10)15(18)19/h1-5,17H/b13-9+. The monoisotopic (exact) mass is 311 g/mol. The molecule has 2 heterocycles. The fraction of sp³-hybridized carbons (Fsp3) is 0. The quantitative estimate of drug-likeness (QED) is 0.521. The van der Waals surface area contributed by atoms with Crippen molar-refractivity contribution in [2.24, 2.45) is 4.99 Å². The number of pyridine rings is 2. The van der Waals surface area contributed by atoms with Crippen LogP contribution in [0.2, 0.25) is 5.02 Å². The first-order valence-electron chi connectivity index (χ1n) is 5.29. The molecule has 0 aliphatic rings. The van der Waals surface area contributed by atoms with Gasteiger partial charge in [-0.25, -0.2) is 9.98 Å². The Morgan fingerprint density at radius 3 is 2.57 bits per heavy atom. The first-order valence-corrected chi connectivity index (χ1v) is 5.67. The number of hydrogen-bond donors (Lipinski definition) is 1. The fourth-order valence-electron chi connectivity index (χ4n) is 1.41. The summed E-state index contributed by atoms with van der Waals surface area (Å²) >= 11 is 5.64. The summed E-state index contributed by atoms with van der Waals surface area (Å²) in [6, 6.07) is 3.45. The van der Waals surface area contributed by atoms with Crippen LogP contribution in [0, 0.1) is 20.2 Å². The highest BCUT2D eigenvalue weighted by atomic mass is 35.5. The van der Waals surface area contributed by atoms with Gasteiger partial charge in [0, 0.05) is 0 Å². The van der Waals surface area contributed by atoms with Crippen molar-refractivity contribution in [3.05, 3.63) is 61.3 Å². The maximum absolute atomic E-state index is 10.9. The summed E-state index contributed by atoms with van der Waals surface area (Å²) in [6.07, 6.45) is 1.96. The minimum Gasteiger partial charge on any atom is -0.427 e. The van der Waals surface area contributed by atoms with Crippen molar-refractivity contribution in [2.45, 2.75) is 0 Å². The summed E-state index contributed by atoms with van der Waals surface area (Å²) in [6.45, 7) is 0. The molecule has 0 aliphatic heterocycles. The number of nitrogens with zero attached hydrogens (tertiary/aromatic N) is 5. The topological polar surface area (TPSA) is 137 Å². The summed E-state index contributed by atoms with van der Waals surface area (Å²) in [5.74, 6) is -0.379. The van der Waals surface area contributed by atoms with Crippen molar-refractivity contribution in [2.75, 3.05) is 0 Å². The van der Waals surface area contributed by atoms with E-state index in [1.807, 2.05) is 0 Å². The van der Waals surface area contributed by atoms with Crippen LogP contribution in [0.1, 0.15) is 0 Å². The molecular formula is C10H6ClN5O5. The first kappa shape index (κ1) is 14.4. The number of aromatic nitrogens is 2. The van der Waals surface area contributed by atoms with E-state index in [1.165, 1.54) is 12.1 Å². The third kappa shape index (κ3) is 3.12. The summed E-state index contributed by atoms with van der Waals surface area (Å²) in [5, 5.41) is 31.3. The number of nitro groups is 2. The smallest absolute Gasteiger partial charge is 0.320 e. The van der Waals surface area contributed by atoms with E-state index >= 15 is 0 Å². The van der Waals surface area contributed by atoms with E-state index in [0.717, 1.165) is 18.5 Å². The lowest BCUT2D eigenvalue weighted by Crippen LogP contribution is -2.17. The summed E-state index contributed by atoms with van der Waals surface area (Å²) < 4.78 is 0.551. The summed E-state index contributed by atoms with van der Waals surface area (Å²) in [5.41, 5.74) is -1.27. The fourth-order valence-corrected chi connectivity index (χ4v) is 1.56. The predicted octanol–water partition coefficient (Wildman–Crippen LogP) is 1.82. The zero-order valence-electron chi connectivity index (χ0n) is 10.1. The van der Waals surface area contributed by atoms with E-state index < -0.39 is 21.2 Å². The predicted molar refractivity (Wildman–Crippen MR) is 69.4 cm³/mol. The van der Waals surface area contributed by atoms with Crippen molar-refractivity contribution < 1.29 is 15.1 Å². The van der Waals surface area contributed by atoms with Crippen LogP contribution >= 0.6 is 11.6 Å². The lowest BCUT2D eigenvalue weighted by molar-refractivity contribution is -0.394. The molecular weight excluding hydrogens is 306 g/mol. The van der Waals surface area contributed by atoms with Crippen LogP contribution in [0.5, 0.6) is 0 Å². The van der Waals surface area contributed by atoms with Crippen molar-refractivity contribution in [1.82, 2.24) is 9.71 Å². The maximum atomic E-state index is 10.9. The summed E-state index contributed by atoms with van der Waals surface area (Å²) in [4.78, 5) is 27.2. The Morgan fingerprint density at radius 1 is 1.29 bits per heavy atom. The average Bonchev–Trinajstić information content (AvgIpc) is 2.41. The Kier molecular flexibility index (Phi) is 3.80. The van der Waals surface area contributed by atoms with Crippen LogP contribution in [0.3, 0.4) is 0 Å². The Hall–Kier alpha value is -3.01. The van der Waals surface area contributed by atoms with Gasteiger partial charge in [-0.15, -0.1) is 0 Å². The molecule has 0 spiro atoms. The van der Waals surface area contributed by atoms with Gasteiger partial charge in [0.25, 0.3) is 5.69 Å². The lowest BCUT2D eigenvalue weighted by atomic mass is 10.3. The maximum Gasteiger partial charge on any atom is 0.320 e. The van der Waals surface area contributed by atoms with E-state index in [0.29, 0.717) is 4.73 Å². The van der Waals surface area contributed by atoms with Gasteiger partial charge in [0.05, 0.1) is 27.1 Å². The molecule has 2 aromatic rings. The Balaban J connectivity index is 2.63. The molecule has 0 fully saturated rings. The van der Waals surface area contributed by atoms with Crippen LogP contribution in [0.25, 0.3) is 0 Å². The number of rotatable bonds is 3. The lowest BCUT2D eigenvalue weighted by Gasteiger charge is -2.00. The third-order valence-corrected chi connectivity index (χ3v) is 2.56. The SMILES string of the molecule is O=[N+]([O-])c1cnc(/N=c2\ccc(Cl)cn2O)c([N+](=O)[O-])c1. The zero-order valence-corrected chi connectivity index (χ0v) is 10.8. The van der Waals surface area contributed by atoms with Gasteiger partial charge in [0.1, 0.15) is 6.20 Å². The largest absolute Gasteiger partial charge is 0.427 e. The van der Waals surface area contributed by atoms with E-state index in [2.05, 4.69) is 9.98 Å². The van der Waals surface area contributed by atoms with E-state index in [9.17, 15) is 25.4 Å². The van der Waals surface area contributed by atoms with Crippen LogP contribution in [0.15, 0.2) is 35.6 Å². The molecule has 0 saturated heterocycles. The zero-order chi connectivity index (χ0) is 15.6. The molecule has 11 heteroatoms. The molecule has 0 radical (unpaired) electrons. The Morgan fingerprint density at radius 2 is 2.00 bits per heavy atom. The van der Waals surface area contributed by atoms with Gasteiger partial charge >= 0.3 is 5.69 Å². The second-order valence-electron chi connectivity index (χ2n) is 3.71.